The average molecular weight is 314 g/mol. The van der Waals surface area contributed by atoms with Gasteiger partial charge in [0.2, 0.25) is 5.91 Å². The third-order valence-electron chi connectivity index (χ3n) is 3.07. The molecule has 0 aliphatic carbocycles. The summed E-state index contributed by atoms with van der Waals surface area (Å²) in [5, 5.41) is 5.72. The fourth-order valence-corrected chi connectivity index (χ4v) is 1.96. The molecule has 1 aromatic carbocycles. The van der Waals surface area contributed by atoms with Gasteiger partial charge in [0.15, 0.2) is 0 Å². The van der Waals surface area contributed by atoms with E-state index in [0.29, 0.717) is 22.8 Å². The molecular formula is C16H18N4O3. The van der Waals surface area contributed by atoms with E-state index < -0.39 is 5.91 Å². The number of primary amides is 1. The van der Waals surface area contributed by atoms with E-state index in [1.54, 1.807) is 31.5 Å². The van der Waals surface area contributed by atoms with E-state index >= 15 is 0 Å². The standard InChI is InChI=1S/C16H18N4O3/c1-23-13-7-3-2-6-12(13)20-15-11(5-4-9-18-15)16(22)19-10-8-14(17)21/h2-7,9H,8,10H2,1H3,(H2,17,21)(H,18,20)(H,19,22). The molecule has 0 aliphatic rings. The van der Waals surface area contributed by atoms with Crippen LogP contribution >= 0.6 is 0 Å². The zero-order valence-electron chi connectivity index (χ0n) is 12.7. The van der Waals surface area contributed by atoms with Gasteiger partial charge in [-0.1, -0.05) is 12.1 Å². The van der Waals surface area contributed by atoms with Crippen molar-refractivity contribution in [1.29, 1.82) is 0 Å². The molecule has 2 aromatic rings. The molecule has 7 heteroatoms. The first-order valence-electron chi connectivity index (χ1n) is 7.03. The topological polar surface area (TPSA) is 106 Å². The number of rotatable bonds is 7. The number of nitrogens with two attached hydrogens (primary N) is 1. The highest BCUT2D eigenvalue weighted by Crippen LogP contribution is 2.27. The predicted molar refractivity (Wildman–Crippen MR) is 86.7 cm³/mol. The maximum absolute atomic E-state index is 12.2. The summed E-state index contributed by atoms with van der Waals surface area (Å²) in [6, 6.07) is 10.6. The Hall–Kier alpha value is -3.09. The first kappa shape index (κ1) is 16.3. The van der Waals surface area contributed by atoms with Crippen LogP contribution in [0.1, 0.15) is 16.8 Å². The molecule has 0 unspecified atom stereocenters. The van der Waals surface area contributed by atoms with Gasteiger partial charge >= 0.3 is 0 Å². The Kier molecular flexibility index (Phi) is 5.51. The van der Waals surface area contributed by atoms with Gasteiger partial charge in [-0.05, 0) is 24.3 Å². The number of hydrogen-bond acceptors (Lipinski definition) is 5. The van der Waals surface area contributed by atoms with Crippen molar-refractivity contribution in [1.82, 2.24) is 10.3 Å². The first-order chi connectivity index (χ1) is 11.1. The molecule has 2 amide bonds. The van der Waals surface area contributed by atoms with Crippen LogP contribution in [0.2, 0.25) is 0 Å². The number of aromatic nitrogens is 1. The number of para-hydroxylation sites is 2. The molecule has 120 valence electrons. The number of ether oxygens (including phenoxy) is 1. The number of benzene rings is 1. The van der Waals surface area contributed by atoms with E-state index in [0.717, 1.165) is 0 Å². The van der Waals surface area contributed by atoms with E-state index in [1.807, 2.05) is 18.2 Å². The number of pyridine rings is 1. The zero-order chi connectivity index (χ0) is 16.7. The molecule has 7 nitrogen and oxygen atoms in total. The van der Waals surface area contributed by atoms with Crippen molar-refractivity contribution >= 4 is 23.3 Å². The molecule has 2 rings (SSSR count). The third-order valence-corrected chi connectivity index (χ3v) is 3.07. The van der Waals surface area contributed by atoms with Crippen molar-refractivity contribution < 1.29 is 14.3 Å². The largest absolute Gasteiger partial charge is 0.495 e. The van der Waals surface area contributed by atoms with Gasteiger partial charge < -0.3 is 21.1 Å². The van der Waals surface area contributed by atoms with Crippen LogP contribution in [0.25, 0.3) is 0 Å². The predicted octanol–water partition coefficient (Wildman–Crippen LogP) is 1.44. The molecule has 23 heavy (non-hydrogen) atoms. The highest BCUT2D eigenvalue weighted by Gasteiger charge is 2.13. The minimum atomic E-state index is -0.469. The molecule has 0 radical (unpaired) electrons. The minimum absolute atomic E-state index is 0.0846. The maximum Gasteiger partial charge on any atom is 0.255 e. The number of nitrogens with one attached hydrogen (secondary N) is 2. The normalized spacial score (nSPS) is 9.96. The Morgan fingerprint density at radius 2 is 2.00 bits per heavy atom. The van der Waals surface area contributed by atoms with E-state index in [2.05, 4.69) is 15.6 Å². The van der Waals surface area contributed by atoms with E-state index in [4.69, 9.17) is 10.5 Å². The molecular weight excluding hydrogens is 296 g/mol. The summed E-state index contributed by atoms with van der Waals surface area (Å²) in [4.78, 5) is 27.1. The van der Waals surface area contributed by atoms with Gasteiger partial charge in [-0.15, -0.1) is 0 Å². The number of carbonyl (C=O) groups is 2. The van der Waals surface area contributed by atoms with Crippen LogP contribution < -0.4 is 21.1 Å². The number of nitrogens with zero attached hydrogens (tertiary/aromatic N) is 1. The van der Waals surface area contributed by atoms with E-state index in [1.165, 1.54) is 0 Å². The molecule has 0 fully saturated rings. The maximum atomic E-state index is 12.2. The molecule has 1 heterocycles. The summed E-state index contributed by atoms with van der Waals surface area (Å²) in [5.41, 5.74) is 6.11. The van der Waals surface area contributed by atoms with Crippen LogP contribution in [0.15, 0.2) is 42.6 Å². The highest BCUT2D eigenvalue weighted by molar-refractivity contribution is 5.99. The van der Waals surface area contributed by atoms with Crippen molar-refractivity contribution in [3.05, 3.63) is 48.2 Å². The molecule has 0 atom stereocenters. The fourth-order valence-electron chi connectivity index (χ4n) is 1.96. The van der Waals surface area contributed by atoms with Gasteiger partial charge in [0.25, 0.3) is 5.91 Å². The monoisotopic (exact) mass is 314 g/mol. The Bertz CT molecular complexity index is 703. The lowest BCUT2D eigenvalue weighted by molar-refractivity contribution is -0.117. The number of hydrogen-bond donors (Lipinski definition) is 3. The van der Waals surface area contributed by atoms with Crippen LogP contribution in [0, 0.1) is 0 Å². The lowest BCUT2D eigenvalue weighted by Crippen LogP contribution is -2.28. The smallest absolute Gasteiger partial charge is 0.255 e. The first-order valence-corrected chi connectivity index (χ1v) is 7.03. The fraction of sp³-hybridized carbons (Fsp3) is 0.188. The molecule has 0 saturated heterocycles. The van der Waals surface area contributed by atoms with Crippen LogP contribution in [0.5, 0.6) is 5.75 Å². The zero-order valence-corrected chi connectivity index (χ0v) is 12.7. The number of carbonyl (C=O) groups excluding carboxylic acids is 2. The lowest BCUT2D eigenvalue weighted by atomic mass is 10.2. The Morgan fingerprint density at radius 3 is 2.74 bits per heavy atom. The van der Waals surface area contributed by atoms with Crippen LogP contribution in [-0.2, 0) is 4.79 Å². The number of amides is 2. The van der Waals surface area contributed by atoms with Crippen LogP contribution in [0.3, 0.4) is 0 Å². The second-order valence-corrected chi connectivity index (χ2v) is 4.70. The number of methoxy groups -OCH3 is 1. The molecule has 0 spiro atoms. The Balaban J connectivity index is 2.17. The SMILES string of the molecule is COc1ccccc1Nc1ncccc1C(=O)NCCC(N)=O. The Morgan fingerprint density at radius 1 is 1.22 bits per heavy atom. The molecule has 4 N–H and O–H groups in total. The van der Waals surface area contributed by atoms with Crippen molar-refractivity contribution in [3.8, 4) is 5.75 Å². The van der Waals surface area contributed by atoms with Gasteiger partial charge in [0.1, 0.15) is 11.6 Å². The van der Waals surface area contributed by atoms with Crippen molar-refractivity contribution in [2.75, 3.05) is 19.0 Å². The quantitative estimate of drug-likeness (QED) is 0.717. The number of anilines is 2. The van der Waals surface area contributed by atoms with Gasteiger partial charge in [-0.3, -0.25) is 9.59 Å². The van der Waals surface area contributed by atoms with Crippen molar-refractivity contribution in [2.24, 2.45) is 5.73 Å². The summed E-state index contributed by atoms with van der Waals surface area (Å²) < 4.78 is 5.27. The summed E-state index contributed by atoms with van der Waals surface area (Å²) in [7, 11) is 1.57. The summed E-state index contributed by atoms with van der Waals surface area (Å²) in [6.45, 7) is 0.178. The van der Waals surface area contributed by atoms with Crippen LogP contribution in [-0.4, -0.2) is 30.5 Å². The lowest BCUT2D eigenvalue weighted by Gasteiger charge is -2.13. The summed E-state index contributed by atoms with van der Waals surface area (Å²) in [5.74, 6) is 0.229. The second-order valence-electron chi connectivity index (χ2n) is 4.70. The van der Waals surface area contributed by atoms with E-state index in [9.17, 15) is 9.59 Å². The van der Waals surface area contributed by atoms with E-state index in [-0.39, 0.29) is 18.9 Å². The van der Waals surface area contributed by atoms with Crippen molar-refractivity contribution in [2.45, 2.75) is 6.42 Å². The summed E-state index contributed by atoms with van der Waals surface area (Å²) in [6.07, 6.45) is 1.67. The van der Waals surface area contributed by atoms with Gasteiger partial charge in [0.05, 0.1) is 18.4 Å². The van der Waals surface area contributed by atoms with Gasteiger partial charge in [-0.25, -0.2) is 4.98 Å². The minimum Gasteiger partial charge on any atom is -0.495 e. The van der Waals surface area contributed by atoms with Gasteiger partial charge in [0, 0.05) is 19.2 Å². The molecule has 0 bridgehead atoms. The van der Waals surface area contributed by atoms with Crippen LogP contribution in [0.4, 0.5) is 11.5 Å². The molecule has 0 aliphatic heterocycles. The van der Waals surface area contributed by atoms with Gasteiger partial charge in [-0.2, -0.15) is 0 Å². The Labute approximate surface area is 133 Å². The third kappa shape index (κ3) is 4.44. The second kappa shape index (κ2) is 7.79. The van der Waals surface area contributed by atoms with Crippen molar-refractivity contribution in [3.63, 3.8) is 0 Å². The summed E-state index contributed by atoms with van der Waals surface area (Å²) >= 11 is 0. The molecule has 0 saturated carbocycles. The highest BCUT2D eigenvalue weighted by atomic mass is 16.5. The average Bonchev–Trinajstić information content (AvgIpc) is 2.55. The molecule has 1 aromatic heterocycles.